The minimum atomic E-state index is -0.0213. The molecule has 2 fully saturated rings. The number of hydrogen-bond donors (Lipinski definition) is 0. The molecule has 0 unspecified atom stereocenters. The molecule has 0 bridgehead atoms. The van der Waals surface area contributed by atoms with E-state index >= 15 is 0 Å². The lowest BCUT2D eigenvalue weighted by Gasteiger charge is -2.35. The molecule has 2 saturated heterocycles. The first kappa shape index (κ1) is 15.9. The van der Waals surface area contributed by atoms with Crippen LogP contribution in [0.2, 0.25) is 0 Å². The smallest absolute Gasteiger partial charge is 0.257 e. The Morgan fingerprint density at radius 3 is 2.39 bits per heavy atom. The quantitative estimate of drug-likeness (QED) is 0.832. The van der Waals surface area contributed by atoms with Crippen molar-refractivity contribution >= 4 is 11.8 Å². The van der Waals surface area contributed by atoms with Gasteiger partial charge in [0.25, 0.3) is 5.91 Å². The Morgan fingerprint density at radius 1 is 1.04 bits per heavy atom. The molecule has 1 aromatic rings. The SMILES string of the molecule is Cc1ncncc1C(=O)N1CCC(C(=O)N2CCCCC2)CC1. The summed E-state index contributed by atoms with van der Waals surface area (Å²) < 4.78 is 0. The molecule has 6 heteroatoms. The first-order valence-electron chi connectivity index (χ1n) is 8.51. The summed E-state index contributed by atoms with van der Waals surface area (Å²) in [5.41, 5.74) is 1.27. The first-order valence-corrected chi connectivity index (χ1v) is 8.51. The normalized spacial score (nSPS) is 19.7. The maximum atomic E-state index is 12.6. The molecule has 3 heterocycles. The van der Waals surface area contributed by atoms with Crippen LogP contribution in [0.15, 0.2) is 12.5 Å². The van der Waals surface area contributed by atoms with Gasteiger partial charge in [0, 0.05) is 38.3 Å². The van der Waals surface area contributed by atoms with Crippen molar-refractivity contribution in [2.45, 2.75) is 39.0 Å². The highest BCUT2D eigenvalue weighted by Gasteiger charge is 2.31. The van der Waals surface area contributed by atoms with E-state index in [0.717, 1.165) is 38.8 Å². The van der Waals surface area contributed by atoms with Gasteiger partial charge in [-0.15, -0.1) is 0 Å². The molecule has 124 valence electrons. The number of rotatable bonds is 2. The largest absolute Gasteiger partial charge is 0.342 e. The molecule has 1 aromatic heterocycles. The zero-order valence-electron chi connectivity index (χ0n) is 13.7. The monoisotopic (exact) mass is 316 g/mol. The van der Waals surface area contributed by atoms with E-state index in [-0.39, 0.29) is 17.7 Å². The molecule has 0 atom stereocenters. The number of carbonyl (C=O) groups is 2. The fourth-order valence-corrected chi connectivity index (χ4v) is 3.47. The van der Waals surface area contributed by atoms with E-state index in [4.69, 9.17) is 0 Å². The van der Waals surface area contributed by atoms with Gasteiger partial charge >= 0.3 is 0 Å². The van der Waals surface area contributed by atoms with Crippen LogP contribution in [-0.4, -0.2) is 57.8 Å². The summed E-state index contributed by atoms with van der Waals surface area (Å²) in [7, 11) is 0. The van der Waals surface area contributed by atoms with Crippen molar-refractivity contribution in [3.05, 3.63) is 23.8 Å². The molecule has 0 radical (unpaired) electrons. The summed E-state index contributed by atoms with van der Waals surface area (Å²) in [5.74, 6) is 0.341. The van der Waals surface area contributed by atoms with E-state index in [1.807, 2.05) is 16.7 Å². The van der Waals surface area contributed by atoms with Gasteiger partial charge in [-0.2, -0.15) is 0 Å². The van der Waals surface area contributed by atoms with Crippen molar-refractivity contribution < 1.29 is 9.59 Å². The lowest BCUT2D eigenvalue weighted by atomic mass is 9.94. The predicted molar refractivity (Wildman–Crippen MR) is 85.8 cm³/mol. The third kappa shape index (κ3) is 3.51. The van der Waals surface area contributed by atoms with Crippen molar-refractivity contribution in [3.63, 3.8) is 0 Å². The zero-order chi connectivity index (χ0) is 16.2. The Kier molecular flexibility index (Phi) is 4.88. The molecular weight excluding hydrogens is 292 g/mol. The van der Waals surface area contributed by atoms with Crippen LogP contribution in [0.3, 0.4) is 0 Å². The molecule has 0 aromatic carbocycles. The number of likely N-dealkylation sites (tertiary alicyclic amines) is 2. The number of carbonyl (C=O) groups excluding carboxylic acids is 2. The van der Waals surface area contributed by atoms with Crippen LogP contribution in [-0.2, 0) is 4.79 Å². The Bertz CT molecular complexity index is 576. The molecule has 23 heavy (non-hydrogen) atoms. The highest BCUT2D eigenvalue weighted by atomic mass is 16.2. The van der Waals surface area contributed by atoms with Gasteiger partial charge in [-0.1, -0.05) is 0 Å². The van der Waals surface area contributed by atoms with E-state index in [1.54, 1.807) is 6.20 Å². The molecule has 0 spiro atoms. The van der Waals surface area contributed by atoms with Crippen molar-refractivity contribution in [2.75, 3.05) is 26.2 Å². The molecule has 0 saturated carbocycles. The van der Waals surface area contributed by atoms with Gasteiger partial charge < -0.3 is 9.80 Å². The van der Waals surface area contributed by atoms with Crippen LogP contribution >= 0.6 is 0 Å². The second-order valence-electron chi connectivity index (χ2n) is 6.47. The zero-order valence-corrected chi connectivity index (χ0v) is 13.7. The van der Waals surface area contributed by atoms with Crippen LogP contribution < -0.4 is 0 Å². The van der Waals surface area contributed by atoms with Crippen LogP contribution in [0.1, 0.15) is 48.2 Å². The van der Waals surface area contributed by atoms with Crippen molar-refractivity contribution in [1.82, 2.24) is 19.8 Å². The maximum absolute atomic E-state index is 12.6. The number of hydrogen-bond acceptors (Lipinski definition) is 4. The molecule has 2 aliphatic heterocycles. The van der Waals surface area contributed by atoms with Crippen LogP contribution in [0.5, 0.6) is 0 Å². The number of nitrogens with zero attached hydrogens (tertiary/aromatic N) is 4. The summed E-state index contributed by atoms with van der Waals surface area (Å²) in [6, 6.07) is 0. The third-order valence-electron chi connectivity index (χ3n) is 4.94. The van der Waals surface area contributed by atoms with Gasteiger partial charge in [-0.05, 0) is 39.0 Å². The molecule has 0 N–H and O–H groups in total. The summed E-state index contributed by atoms with van der Waals surface area (Å²) in [5, 5.41) is 0. The second kappa shape index (κ2) is 7.06. The molecular formula is C17H24N4O2. The topological polar surface area (TPSA) is 66.4 Å². The summed E-state index contributed by atoms with van der Waals surface area (Å²) >= 11 is 0. The van der Waals surface area contributed by atoms with Gasteiger partial charge in [0.05, 0.1) is 11.3 Å². The fraction of sp³-hybridized carbons (Fsp3) is 0.647. The lowest BCUT2D eigenvalue weighted by Crippen LogP contribution is -2.45. The highest BCUT2D eigenvalue weighted by molar-refractivity contribution is 5.95. The van der Waals surface area contributed by atoms with E-state index in [1.165, 1.54) is 12.7 Å². The minimum Gasteiger partial charge on any atom is -0.342 e. The van der Waals surface area contributed by atoms with Crippen molar-refractivity contribution in [1.29, 1.82) is 0 Å². The maximum Gasteiger partial charge on any atom is 0.257 e. The standard InChI is InChI=1S/C17H24N4O2/c1-13-15(11-18-12-19-13)17(23)21-9-5-14(6-10-21)16(22)20-7-3-2-4-8-20/h11-12,14H,2-10H2,1H3. The average Bonchev–Trinajstić information content (AvgIpc) is 2.62. The summed E-state index contributed by atoms with van der Waals surface area (Å²) in [6.45, 7) is 4.90. The number of amides is 2. The number of aromatic nitrogens is 2. The van der Waals surface area contributed by atoms with Gasteiger partial charge in [0.1, 0.15) is 6.33 Å². The number of piperidine rings is 2. The van der Waals surface area contributed by atoms with E-state index in [9.17, 15) is 9.59 Å². The Hall–Kier alpha value is -1.98. The van der Waals surface area contributed by atoms with Crippen molar-refractivity contribution in [2.24, 2.45) is 5.92 Å². The predicted octanol–water partition coefficient (Wildman–Crippen LogP) is 1.65. The van der Waals surface area contributed by atoms with E-state index < -0.39 is 0 Å². The van der Waals surface area contributed by atoms with E-state index in [2.05, 4.69) is 9.97 Å². The van der Waals surface area contributed by atoms with Crippen LogP contribution in [0, 0.1) is 12.8 Å². The van der Waals surface area contributed by atoms with Crippen molar-refractivity contribution in [3.8, 4) is 0 Å². The van der Waals surface area contributed by atoms with Gasteiger partial charge in [-0.25, -0.2) is 9.97 Å². The summed E-state index contributed by atoms with van der Waals surface area (Å²) in [4.78, 5) is 37.0. The van der Waals surface area contributed by atoms with Gasteiger partial charge in [0.2, 0.25) is 5.91 Å². The molecule has 2 amide bonds. The fourth-order valence-electron chi connectivity index (χ4n) is 3.47. The second-order valence-corrected chi connectivity index (χ2v) is 6.47. The first-order chi connectivity index (χ1) is 11.2. The Morgan fingerprint density at radius 2 is 1.74 bits per heavy atom. The molecule has 0 aliphatic carbocycles. The lowest BCUT2D eigenvalue weighted by molar-refractivity contribution is -0.137. The highest BCUT2D eigenvalue weighted by Crippen LogP contribution is 2.23. The Labute approximate surface area is 136 Å². The third-order valence-corrected chi connectivity index (χ3v) is 4.94. The van der Waals surface area contributed by atoms with E-state index in [0.29, 0.717) is 24.3 Å². The summed E-state index contributed by atoms with van der Waals surface area (Å²) in [6.07, 6.45) is 8.02. The van der Waals surface area contributed by atoms with Crippen LogP contribution in [0.25, 0.3) is 0 Å². The Balaban J connectivity index is 1.57. The average molecular weight is 316 g/mol. The molecule has 3 rings (SSSR count). The van der Waals surface area contributed by atoms with Crippen LogP contribution in [0.4, 0.5) is 0 Å². The minimum absolute atomic E-state index is 0.0213. The molecule has 2 aliphatic rings. The van der Waals surface area contributed by atoms with Gasteiger partial charge in [-0.3, -0.25) is 9.59 Å². The molecule has 6 nitrogen and oxygen atoms in total. The number of aryl methyl sites for hydroxylation is 1. The van der Waals surface area contributed by atoms with Gasteiger partial charge in [0.15, 0.2) is 0 Å².